The Morgan fingerprint density at radius 1 is 0.424 bits per heavy atom. The van der Waals surface area contributed by atoms with Gasteiger partial charge in [-0.15, -0.1) is 0 Å². The summed E-state index contributed by atoms with van der Waals surface area (Å²) in [4.78, 5) is 13.0. The van der Waals surface area contributed by atoms with E-state index in [0.717, 1.165) is 101 Å². The van der Waals surface area contributed by atoms with Gasteiger partial charge in [0.1, 0.15) is 5.69 Å². The van der Waals surface area contributed by atoms with E-state index in [-0.39, 0.29) is 7.43 Å². The molecule has 0 spiro atoms. The Balaban J connectivity index is 0.00000377. The van der Waals surface area contributed by atoms with E-state index in [4.69, 9.17) is 19.4 Å². The normalized spacial score (nSPS) is 12.5. The number of para-hydroxylation sites is 5. The first-order chi connectivity index (χ1) is 28.7. The second kappa shape index (κ2) is 12.5. The maximum absolute atomic E-state index is 6.65. The number of hydrogen-bond donors (Lipinski definition) is 0. The fourth-order valence-corrected chi connectivity index (χ4v) is 9.18. The Kier molecular flexibility index (Phi) is 7.05. The number of ether oxygens (including phenoxy) is 2. The van der Waals surface area contributed by atoms with Crippen LogP contribution in [-0.4, -0.2) is 14.5 Å². The lowest BCUT2D eigenvalue weighted by Gasteiger charge is -2.38. The van der Waals surface area contributed by atoms with E-state index in [1.807, 2.05) is 42.5 Å². The fraction of sp³-hybridized carbons (Fsp3) is 0.0189. The van der Waals surface area contributed by atoms with Crippen LogP contribution >= 0.6 is 0 Å². The van der Waals surface area contributed by atoms with Gasteiger partial charge in [-0.05, 0) is 93.3 Å². The zero-order valence-electron chi connectivity index (χ0n) is 30.9. The number of aromatic nitrogens is 3. The van der Waals surface area contributed by atoms with Crippen LogP contribution in [-0.2, 0) is 0 Å². The van der Waals surface area contributed by atoms with E-state index >= 15 is 0 Å². The van der Waals surface area contributed by atoms with Gasteiger partial charge in [0.2, 0.25) is 5.95 Å². The lowest BCUT2D eigenvalue weighted by atomic mass is 9.98. The van der Waals surface area contributed by atoms with Crippen molar-refractivity contribution in [3.05, 3.63) is 182 Å². The molecule has 0 saturated heterocycles. The zero-order chi connectivity index (χ0) is 37.9. The smallest absolute Gasteiger partial charge is 0.235 e. The predicted octanol–water partition coefficient (Wildman–Crippen LogP) is 14.7. The summed E-state index contributed by atoms with van der Waals surface area (Å²) in [7, 11) is 0. The van der Waals surface area contributed by atoms with E-state index in [1.54, 1.807) is 0 Å². The van der Waals surface area contributed by atoms with Crippen LogP contribution in [0.5, 0.6) is 23.0 Å². The number of anilines is 3. The number of benzene rings is 9. The van der Waals surface area contributed by atoms with Crippen LogP contribution in [0.15, 0.2) is 182 Å². The van der Waals surface area contributed by atoms with Gasteiger partial charge in [-0.3, -0.25) is 9.47 Å². The van der Waals surface area contributed by atoms with Crippen LogP contribution in [0.4, 0.5) is 17.1 Å². The summed E-state index contributed by atoms with van der Waals surface area (Å²) in [6, 6.07) is 63.6. The molecule has 2 aromatic heterocycles. The summed E-state index contributed by atoms with van der Waals surface area (Å²) in [5.41, 5.74) is 9.86. The summed E-state index contributed by atoms with van der Waals surface area (Å²) >= 11 is 0. The van der Waals surface area contributed by atoms with Gasteiger partial charge >= 0.3 is 0 Å². The van der Waals surface area contributed by atoms with Crippen molar-refractivity contribution in [2.45, 2.75) is 7.43 Å². The Morgan fingerprint density at radius 3 is 1.80 bits per heavy atom. The highest BCUT2D eigenvalue weighted by Gasteiger charge is 2.35. The highest BCUT2D eigenvalue weighted by Crippen LogP contribution is 2.60. The summed E-state index contributed by atoms with van der Waals surface area (Å²) in [6.45, 7) is 0. The van der Waals surface area contributed by atoms with Gasteiger partial charge in [0, 0.05) is 21.7 Å². The predicted molar refractivity (Wildman–Crippen MR) is 241 cm³/mol. The fourth-order valence-electron chi connectivity index (χ4n) is 9.18. The van der Waals surface area contributed by atoms with Gasteiger partial charge in [0.25, 0.3) is 0 Å². The minimum Gasteiger partial charge on any atom is -0.453 e. The monoisotopic (exact) mass is 758 g/mol. The molecule has 6 heteroatoms. The highest BCUT2D eigenvalue weighted by molar-refractivity contribution is 6.22. The van der Waals surface area contributed by atoms with Crippen LogP contribution in [0, 0.1) is 0 Å². The molecule has 0 unspecified atom stereocenters. The average molecular weight is 759 g/mol. The molecule has 9 aromatic carbocycles. The molecule has 0 fully saturated rings. The molecular weight excluding hydrogens is 725 g/mol. The van der Waals surface area contributed by atoms with Crippen LogP contribution in [0.25, 0.3) is 82.6 Å². The quantitative estimate of drug-likeness (QED) is 0.180. The van der Waals surface area contributed by atoms with Crippen molar-refractivity contribution in [3.63, 3.8) is 0 Å². The lowest BCUT2D eigenvalue weighted by Crippen LogP contribution is -2.20. The first-order valence-corrected chi connectivity index (χ1v) is 19.5. The molecular formula is C53H34N4O2. The van der Waals surface area contributed by atoms with Crippen molar-refractivity contribution in [3.8, 4) is 51.3 Å². The molecule has 0 N–H and O–H groups in total. The first-order valence-electron chi connectivity index (χ1n) is 19.5. The van der Waals surface area contributed by atoms with Gasteiger partial charge in [-0.25, -0.2) is 9.97 Å². The Labute approximate surface area is 339 Å². The lowest BCUT2D eigenvalue weighted by molar-refractivity contribution is 0.446. The molecule has 0 amide bonds. The van der Waals surface area contributed by atoms with Crippen molar-refractivity contribution < 1.29 is 9.47 Å². The van der Waals surface area contributed by atoms with Gasteiger partial charge in [-0.2, -0.15) is 0 Å². The van der Waals surface area contributed by atoms with Crippen molar-refractivity contribution in [2.24, 2.45) is 0 Å². The third-order valence-electron chi connectivity index (χ3n) is 11.7. The van der Waals surface area contributed by atoms with Crippen molar-refractivity contribution >= 4 is 71.3 Å². The van der Waals surface area contributed by atoms with Gasteiger partial charge in [0.05, 0.1) is 33.6 Å². The van der Waals surface area contributed by atoms with E-state index in [0.29, 0.717) is 5.95 Å². The van der Waals surface area contributed by atoms with Gasteiger partial charge < -0.3 is 9.47 Å². The van der Waals surface area contributed by atoms with Crippen LogP contribution < -0.4 is 14.4 Å². The van der Waals surface area contributed by atoms with Crippen LogP contribution in [0.1, 0.15) is 7.43 Å². The van der Waals surface area contributed by atoms with E-state index < -0.39 is 0 Å². The summed E-state index contributed by atoms with van der Waals surface area (Å²) < 4.78 is 15.5. The van der Waals surface area contributed by atoms with Crippen molar-refractivity contribution in [1.29, 1.82) is 0 Å². The van der Waals surface area contributed by atoms with Gasteiger partial charge in [0.15, 0.2) is 23.0 Å². The van der Waals surface area contributed by atoms with Crippen LogP contribution in [0.3, 0.4) is 0 Å². The van der Waals surface area contributed by atoms with Crippen molar-refractivity contribution in [1.82, 2.24) is 14.5 Å². The molecule has 13 rings (SSSR count). The molecule has 278 valence electrons. The molecule has 2 aliphatic rings. The molecule has 4 heterocycles. The SMILES string of the molecule is C.c1ccc2c(c1)Oc1cc(-c3ccc4c(c3)c3c5ccccc5ccc3n4-c3nc(-c4cccc5ccccc45)c4ccccc4n3)cc3c1N2c1ccccc1O3. The van der Waals surface area contributed by atoms with Gasteiger partial charge in [-0.1, -0.05) is 129 Å². The minimum atomic E-state index is 0. The molecule has 0 aliphatic carbocycles. The molecule has 0 atom stereocenters. The Morgan fingerprint density at radius 2 is 1.03 bits per heavy atom. The van der Waals surface area contributed by atoms with Crippen molar-refractivity contribution in [2.75, 3.05) is 4.90 Å². The standard InChI is InChI=1S/C52H30N4O2.CH4/c1-3-15-35-31(12-1)14-11-18-37(35)50-38-17-5-6-19-40(38)53-52(54-50)56-41-26-25-33(28-39(41)49-36-16-4-2-13-32(36)24-27-44(49)56)34-29-47-51-48(30-34)58-46-23-10-8-21-43(46)55(51)42-20-7-9-22-45(42)57-47;/h1-30H;1H4. The molecule has 0 radical (unpaired) electrons. The number of fused-ring (bicyclic) bond motifs is 11. The largest absolute Gasteiger partial charge is 0.453 e. The average Bonchev–Trinajstić information content (AvgIpc) is 3.62. The van der Waals surface area contributed by atoms with Crippen LogP contribution in [0.2, 0.25) is 0 Å². The highest BCUT2D eigenvalue weighted by atomic mass is 16.5. The second-order valence-corrected chi connectivity index (χ2v) is 15.0. The summed E-state index contributed by atoms with van der Waals surface area (Å²) in [5.74, 6) is 3.73. The zero-order valence-corrected chi connectivity index (χ0v) is 30.9. The molecule has 6 nitrogen and oxygen atoms in total. The summed E-state index contributed by atoms with van der Waals surface area (Å²) in [5, 5.41) is 7.95. The molecule has 59 heavy (non-hydrogen) atoms. The molecule has 11 aromatic rings. The number of rotatable bonds is 3. The Hall–Kier alpha value is -7.96. The maximum atomic E-state index is 6.65. The first kappa shape index (κ1) is 33.2. The van der Waals surface area contributed by atoms with E-state index in [1.165, 1.54) is 16.2 Å². The van der Waals surface area contributed by atoms with E-state index in [9.17, 15) is 0 Å². The third kappa shape index (κ3) is 4.80. The molecule has 0 bridgehead atoms. The molecule has 2 aliphatic heterocycles. The maximum Gasteiger partial charge on any atom is 0.235 e. The van der Waals surface area contributed by atoms with E-state index in [2.05, 4.69) is 149 Å². The third-order valence-corrected chi connectivity index (χ3v) is 11.7. The second-order valence-electron chi connectivity index (χ2n) is 15.0. The minimum absolute atomic E-state index is 0. The Bertz CT molecular complexity index is 3480. The number of nitrogens with zero attached hydrogens (tertiary/aromatic N) is 4. The molecule has 0 saturated carbocycles. The number of hydrogen-bond acceptors (Lipinski definition) is 5. The topological polar surface area (TPSA) is 52.4 Å². The summed E-state index contributed by atoms with van der Waals surface area (Å²) in [6.07, 6.45) is 0.